The molecule has 1 unspecified atom stereocenters. The molecule has 0 saturated carbocycles. The molecule has 1 heterocycles. The number of hydrogen-bond donors (Lipinski definition) is 0. The van der Waals surface area contributed by atoms with E-state index in [1.807, 2.05) is 0 Å². The summed E-state index contributed by atoms with van der Waals surface area (Å²) < 4.78 is 7.39. The Kier molecular flexibility index (Phi) is 3.98. The summed E-state index contributed by atoms with van der Waals surface area (Å²) in [5.41, 5.74) is 8.54. The molecule has 0 radical (unpaired) electrons. The predicted molar refractivity (Wildman–Crippen MR) is 96.7 cm³/mol. The van der Waals surface area contributed by atoms with Gasteiger partial charge in [0.05, 0.1) is 0 Å². The number of rotatable bonds is 3. The van der Waals surface area contributed by atoms with Crippen LogP contribution in [0.4, 0.5) is 0 Å². The van der Waals surface area contributed by atoms with Crippen LogP contribution in [-0.2, 0) is 4.74 Å². The number of aryl methyl sites for hydroxylation is 1. The van der Waals surface area contributed by atoms with Crippen LogP contribution in [0.1, 0.15) is 22.6 Å². The summed E-state index contributed by atoms with van der Waals surface area (Å²) in [5, 5.41) is 0. The molecule has 2 heteroatoms. The van der Waals surface area contributed by atoms with Gasteiger partial charge in [-0.25, -0.2) is 0 Å². The fourth-order valence-electron chi connectivity index (χ4n) is 3.59. The third-order valence-electron chi connectivity index (χ3n) is 4.75. The van der Waals surface area contributed by atoms with Crippen molar-refractivity contribution in [1.29, 1.82) is 0 Å². The molecule has 0 amide bonds. The van der Waals surface area contributed by atoms with Gasteiger partial charge in [-0.3, -0.25) is 0 Å². The molecule has 1 aliphatic carbocycles. The average Bonchev–Trinajstić information content (AvgIpc) is 2.58. The van der Waals surface area contributed by atoms with E-state index in [0.29, 0.717) is 20.9 Å². The monoisotopic (exact) mass is 368 g/mol. The third-order valence-corrected chi connectivity index (χ3v) is 6.49. The Labute approximate surface area is 144 Å². The molecule has 2 aromatic rings. The minimum absolute atomic E-state index is 0.425. The molecule has 0 saturated heterocycles. The second-order valence-electron chi connectivity index (χ2n) is 6.14. The molecule has 2 aliphatic rings. The van der Waals surface area contributed by atoms with Crippen molar-refractivity contribution in [2.45, 2.75) is 18.7 Å². The van der Waals surface area contributed by atoms with E-state index >= 15 is 0 Å². The molecule has 1 nitrogen and oxygen atoms in total. The summed E-state index contributed by atoms with van der Waals surface area (Å²) in [6, 6.07) is 19.8. The SMILES string of the molecule is C[Se]C1=C2C(=C(c3ccccc3)C2c2ccc(C)cc2)COC1. The molecule has 4 rings (SSSR count). The summed E-state index contributed by atoms with van der Waals surface area (Å²) >= 11 is 0.506. The first kappa shape index (κ1) is 15.0. The zero-order chi connectivity index (χ0) is 15.8. The Bertz CT molecular complexity index is 784. The van der Waals surface area contributed by atoms with E-state index in [4.69, 9.17) is 4.74 Å². The van der Waals surface area contributed by atoms with Crippen LogP contribution in [0.5, 0.6) is 0 Å². The number of ether oxygens (including phenoxy) is 1. The second kappa shape index (κ2) is 6.13. The van der Waals surface area contributed by atoms with Crippen molar-refractivity contribution in [3.8, 4) is 0 Å². The van der Waals surface area contributed by atoms with Gasteiger partial charge < -0.3 is 0 Å². The van der Waals surface area contributed by atoms with E-state index in [0.717, 1.165) is 13.2 Å². The van der Waals surface area contributed by atoms with Crippen molar-refractivity contribution in [2.75, 3.05) is 13.2 Å². The maximum absolute atomic E-state index is 5.86. The van der Waals surface area contributed by atoms with Crippen molar-refractivity contribution in [2.24, 2.45) is 0 Å². The van der Waals surface area contributed by atoms with Crippen molar-refractivity contribution in [1.82, 2.24) is 0 Å². The van der Waals surface area contributed by atoms with E-state index < -0.39 is 0 Å². The van der Waals surface area contributed by atoms with Gasteiger partial charge in [-0.2, -0.15) is 0 Å². The van der Waals surface area contributed by atoms with Gasteiger partial charge in [-0.1, -0.05) is 0 Å². The quantitative estimate of drug-likeness (QED) is 0.722. The fraction of sp³-hybridized carbons (Fsp3) is 0.238. The van der Waals surface area contributed by atoms with Gasteiger partial charge in [0.2, 0.25) is 0 Å². The molecule has 0 aromatic heterocycles. The van der Waals surface area contributed by atoms with Crippen molar-refractivity contribution >= 4 is 20.5 Å². The fourth-order valence-corrected chi connectivity index (χ4v) is 4.98. The number of benzene rings is 2. The maximum atomic E-state index is 5.86. The van der Waals surface area contributed by atoms with Gasteiger partial charge in [0.1, 0.15) is 0 Å². The first-order valence-electron chi connectivity index (χ1n) is 7.99. The first-order valence-corrected chi connectivity index (χ1v) is 10.6. The summed E-state index contributed by atoms with van der Waals surface area (Å²) in [4.78, 5) is 0. The zero-order valence-electron chi connectivity index (χ0n) is 13.5. The summed E-state index contributed by atoms with van der Waals surface area (Å²) in [7, 11) is 0. The normalized spacial score (nSPS) is 20.3. The Morgan fingerprint density at radius 1 is 0.913 bits per heavy atom. The molecule has 116 valence electrons. The van der Waals surface area contributed by atoms with Gasteiger partial charge in [-0.05, 0) is 0 Å². The Balaban J connectivity index is 1.88. The van der Waals surface area contributed by atoms with Crippen LogP contribution >= 0.6 is 0 Å². The topological polar surface area (TPSA) is 9.23 Å². The molecule has 1 aliphatic heterocycles. The second-order valence-corrected chi connectivity index (χ2v) is 8.03. The van der Waals surface area contributed by atoms with E-state index in [9.17, 15) is 0 Å². The van der Waals surface area contributed by atoms with Crippen LogP contribution in [0.25, 0.3) is 5.57 Å². The van der Waals surface area contributed by atoms with E-state index in [1.165, 1.54) is 32.3 Å². The minimum atomic E-state index is 0.425. The van der Waals surface area contributed by atoms with Crippen LogP contribution in [0.15, 0.2) is 70.2 Å². The average molecular weight is 367 g/mol. The summed E-state index contributed by atoms with van der Waals surface area (Å²) in [5.74, 6) is 2.72. The molecule has 1 atom stereocenters. The molecule has 0 fully saturated rings. The molecular formula is C21H20OSe. The Morgan fingerprint density at radius 3 is 2.35 bits per heavy atom. The van der Waals surface area contributed by atoms with Crippen molar-refractivity contribution in [3.05, 3.63) is 86.9 Å². The van der Waals surface area contributed by atoms with Crippen LogP contribution < -0.4 is 0 Å². The zero-order valence-corrected chi connectivity index (χ0v) is 15.2. The van der Waals surface area contributed by atoms with Gasteiger partial charge in [0.15, 0.2) is 0 Å². The van der Waals surface area contributed by atoms with Crippen molar-refractivity contribution in [3.63, 3.8) is 0 Å². The summed E-state index contributed by atoms with van der Waals surface area (Å²) in [6.07, 6.45) is 0. The third kappa shape index (κ3) is 2.52. The molecular weight excluding hydrogens is 347 g/mol. The molecule has 0 bridgehead atoms. The predicted octanol–water partition coefficient (Wildman–Crippen LogP) is 4.58. The molecule has 23 heavy (non-hydrogen) atoms. The van der Waals surface area contributed by atoms with Crippen LogP contribution in [0.3, 0.4) is 0 Å². The van der Waals surface area contributed by atoms with Gasteiger partial charge in [0, 0.05) is 0 Å². The van der Waals surface area contributed by atoms with E-state index in [2.05, 4.69) is 67.3 Å². The Morgan fingerprint density at radius 2 is 1.65 bits per heavy atom. The summed E-state index contributed by atoms with van der Waals surface area (Å²) in [6.45, 7) is 3.74. The van der Waals surface area contributed by atoms with Crippen LogP contribution in [0, 0.1) is 6.92 Å². The Hall–Kier alpha value is -1.60. The standard InChI is InChI=1S/C21H20OSe/c1-14-8-10-16(11-9-14)20-19(15-6-4-3-5-7-15)17-12-22-13-18(23-2)21(17)20/h3-11,20H,12-13H2,1-2H3. The van der Waals surface area contributed by atoms with Crippen LogP contribution in [0.2, 0.25) is 5.82 Å². The molecule has 0 N–H and O–H groups in total. The van der Waals surface area contributed by atoms with E-state index in [-0.39, 0.29) is 0 Å². The number of hydrogen-bond acceptors (Lipinski definition) is 1. The van der Waals surface area contributed by atoms with Crippen LogP contribution in [-0.4, -0.2) is 28.2 Å². The van der Waals surface area contributed by atoms with E-state index in [1.54, 1.807) is 5.57 Å². The van der Waals surface area contributed by atoms with Gasteiger partial charge in [-0.15, -0.1) is 0 Å². The van der Waals surface area contributed by atoms with Gasteiger partial charge >= 0.3 is 144 Å². The van der Waals surface area contributed by atoms with Crippen molar-refractivity contribution < 1.29 is 4.74 Å². The molecule has 0 spiro atoms. The number of allylic oxidation sites excluding steroid dienone is 1. The number of fused-ring (bicyclic) bond motifs is 1. The van der Waals surface area contributed by atoms with Gasteiger partial charge in [0.25, 0.3) is 0 Å². The first-order chi connectivity index (χ1) is 11.3. The molecule has 2 aromatic carbocycles.